The van der Waals surface area contributed by atoms with Gasteiger partial charge in [-0.15, -0.1) is 0 Å². The van der Waals surface area contributed by atoms with E-state index in [4.69, 9.17) is 24.4 Å². The van der Waals surface area contributed by atoms with E-state index in [-0.39, 0.29) is 22.8 Å². The highest BCUT2D eigenvalue weighted by atomic mass is 16.6. The van der Waals surface area contributed by atoms with E-state index in [0.29, 0.717) is 0 Å². The van der Waals surface area contributed by atoms with Crippen molar-refractivity contribution in [1.82, 2.24) is 0 Å². The highest BCUT2D eigenvalue weighted by Crippen LogP contribution is 2.37. The molecule has 0 saturated heterocycles. The largest absolute Gasteiger partial charge is 0.502 e. The molecule has 7 heteroatoms. The van der Waals surface area contributed by atoms with Crippen LogP contribution in [0.3, 0.4) is 0 Å². The van der Waals surface area contributed by atoms with Gasteiger partial charge < -0.3 is 29.5 Å². The van der Waals surface area contributed by atoms with Crippen molar-refractivity contribution in [2.75, 3.05) is 27.4 Å². The minimum atomic E-state index is -1.00. The summed E-state index contributed by atoms with van der Waals surface area (Å²) in [5, 5.41) is 27.4. The molecule has 1 aromatic rings. The normalized spacial score (nSPS) is 10.4. The summed E-state index contributed by atoms with van der Waals surface area (Å²) in [5.41, 5.74) is 0.0680. The summed E-state index contributed by atoms with van der Waals surface area (Å²) >= 11 is 0. The molecule has 0 bridgehead atoms. The van der Waals surface area contributed by atoms with Crippen LogP contribution in [0.25, 0.3) is 0 Å². The molecule has 1 rings (SSSR count). The van der Waals surface area contributed by atoms with E-state index in [1.165, 1.54) is 26.4 Å². The van der Waals surface area contributed by atoms with Crippen molar-refractivity contribution in [3.05, 3.63) is 17.7 Å². The number of rotatable bonds is 6. The molecule has 7 nitrogen and oxygen atoms in total. The van der Waals surface area contributed by atoms with Crippen LogP contribution in [-0.4, -0.2) is 54.8 Å². The number of hydrogen-bond donors (Lipinski definition) is 3. The van der Waals surface area contributed by atoms with Crippen LogP contribution < -0.4 is 9.47 Å². The predicted molar refractivity (Wildman–Crippen MR) is 64.6 cm³/mol. The van der Waals surface area contributed by atoms with Crippen molar-refractivity contribution in [2.45, 2.75) is 6.10 Å². The van der Waals surface area contributed by atoms with Crippen LogP contribution in [0.5, 0.6) is 17.2 Å². The third-order valence-corrected chi connectivity index (χ3v) is 2.40. The molecule has 0 saturated carbocycles. The Bertz CT molecular complexity index is 415. The molecule has 0 aliphatic carbocycles. The number of methoxy groups -OCH3 is 2. The van der Waals surface area contributed by atoms with Crippen molar-refractivity contribution < 1.29 is 34.3 Å². The maximum absolute atomic E-state index is 11.8. The van der Waals surface area contributed by atoms with Gasteiger partial charge in [0.2, 0.25) is 5.75 Å². The summed E-state index contributed by atoms with van der Waals surface area (Å²) in [6.45, 7) is -0.983. The SMILES string of the molecule is COc1cc(C(=O)OC(CO)CO)cc(OC)c1O. The highest BCUT2D eigenvalue weighted by molar-refractivity contribution is 5.91. The van der Waals surface area contributed by atoms with Gasteiger partial charge in [0.25, 0.3) is 0 Å². The Morgan fingerprint density at radius 3 is 2.00 bits per heavy atom. The molecule has 1 aromatic carbocycles. The number of aliphatic hydroxyl groups excluding tert-OH is 2. The van der Waals surface area contributed by atoms with E-state index in [0.717, 1.165) is 0 Å². The molecule has 19 heavy (non-hydrogen) atoms. The van der Waals surface area contributed by atoms with Crippen molar-refractivity contribution in [2.24, 2.45) is 0 Å². The number of carbonyl (C=O) groups is 1. The Morgan fingerprint density at radius 1 is 1.16 bits per heavy atom. The van der Waals surface area contributed by atoms with Gasteiger partial charge in [-0.3, -0.25) is 0 Å². The molecule has 0 radical (unpaired) electrons. The maximum Gasteiger partial charge on any atom is 0.338 e. The quantitative estimate of drug-likeness (QED) is 0.622. The molecule has 3 N–H and O–H groups in total. The molecule has 0 aliphatic heterocycles. The lowest BCUT2D eigenvalue weighted by Gasteiger charge is -2.14. The summed E-state index contributed by atoms with van der Waals surface area (Å²) in [7, 11) is 2.65. The van der Waals surface area contributed by atoms with Crippen molar-refractivity contribution in [3.63, 3.8) is 0 Å². The maximum atomic E-state index is 11.8. The minimum absolute atomic E-state index is 0.0517. The van der Waals surface area contributed by atoms with Crippen LogP contribution in [0, 0.1) is 0 Å². The Balaban J connectivity index is 3.03. The first kappa shape index (κ1) is 15.1. The topological polar surface area (TPSA) is 105 Å². The van der Waals surface area contributed by atoms with Crippen LogP contribution in [0.4, 0.5) is 0 Å². The molecule has 0 unspecified atom stereocenters. The zero-order valence-corrected chi connectivity index (χ0v) is 10.6. The molecule has 0 aliphatic rings. The van der Waals surface area contributed by atoms with E-state index >= 15 is 0 Å². The molecule has 0 fully saturated rings. The standard InChI is InChI=1S/C12H16O7/c1-17-9-3-7(4-10(18-2)11(9)15)12(16)19-8(5-13)6-14/h3-4,8,13-15H,5-6H2,1-2H3. The molecular weight excluding hydrogens is 256 g/mol. The van der Waals surface area contributed by atoms with Crippen LogP contribution in [-0.2, 0) is 4.74 Å². The van der Waals surface area contributed by atoms with Gasteiger partial charge in [-0.05, 0) is 12.1 Å². The first-order chi connectivity index (χ1) is 9.07. The number of phenols is 1. The average molecular weight is 272 g/mol. The highest BCUT2D eigenvalue weighted by Gasteiger charge is 2.19. The zero-order valence-electron chi connectivity index (χ0n) is 10.6. The van der Waals surface area contributed by atoms with Crippen LogP contribution in [0.15, 0.2) is 12.1 Å². The summed E-state index contributed by atoms with van der Waals surface area (Å²) in [5.74, 6) is -0.904. The van der Waals surface area contributed by atoms with Gasteiger partial charge >= 0.3 is 5.97 Å². The zero-order chi connectivity index (χ0) is 14.4. The second kappa shape index (κ2) is 6.81. The third kappa shape index (κ3) is 3.49. The number of phenolic OH excluding ortho intramolecular Hbond substituents is 1. The summed E-state index contributed by atoms with van der Waals surface area (Å²) in [6, 6.07) is 2.54. The number of hydrogen-bond acceptors (Lipinski definition) is 7. The summed E-state index contributed by atoms with van der Waals surface area (Å²) in [4.78, 5) is 11.8. The number of benzene rings is 1. The minimum Gasteiger partial charge on any atom is -0.502 e. The monoisotopic (exact) mass is 272 g/mol. The van der Waals surface area contributed by atoms with Gasteiger partial charge in [0.1, 0.15) is 6.10 Å². The predicted octanol–water partition coefficient (Wildman–Crippen LogP) is -0.0806. The van der Waals surface area contributed by atoms with E-state index in [1.54, 1.807) is 0 Å². The fraction of sp³-hybridized carbons (Fsp3) is 0.417. The van der Waals surface area contributed by atoms with Crippen molar-refractivity contribution >= 4 is 5.97 Å². The third-order valence-electron chi connectivity index (χ3n) is 2.40. The number of ether oxygens (including phenoxy) is 3. The van der Waals surface area contributed by atoms with Crippen molar-refractivity contribution in [1.29, 1.82) is 0 Å². The number of carbonyl (C=O) groups excluding carboxylic acids is 1. The fourth-order valence-electron chi connectivity index (χ4n) is 1.36. The van der Waals surface area contributed by atoms with E-state index in [9.17, 15) is 9.90 Å². The van der Waals surface area contributed by atoms with Gasteiger partial charge in [0.05, 0.1) is 33.0 Å². The van der Waals surface area contributed by atoms with E-state index in [1.807, 2.05) is 0 Å². The van der Waals surface area contributed by atoms with Crippen LogP contribution in [0.2, 0.25) is 0 Å². The Morgan fingerprint density at radius 2 is 1.63 bits per heavy atom. The van der Waals surface area contributed by atoms with Crippen molar-refractivity contribution in [3.8, 4) is 17.2 Å². The first-order valence-electron chi connectivity index (χ1n) is 5.45. The first-order valence-corrected chi connectivity index (χ1v) is 5.45. The number of aliphatic hydroxyl groups is 2. The Labute approximate surface area is 110 Å². The van der Waals surface area contributed by atoms with Gasteiger partial charge in [-0.25, -0.2) is 4.79 Å². The second-order valence-electron chi connectivity index (χ2n) is 3.62. The molecule has 0 aromatic heterocycles. The second-order valence-corrected chi connectivity index (χ2v) is 3.62. The molecule has 0 amide bonds. The molecule has 106 valence electrons. The Hall–Kier alpha value is -1.99. The van der Waals surface area contributed by atoms with Gasteiger partial charge in [0.15, 0.2) is 11.5 Å². The van der Waals surface area contributed by atoms with E-state index in [2.05, 4.69) is 0 Å². The lowest BCUT2D eigenvalue weighted by molar-refractivity contribution is -0.00549. The molecule has 0 atom stereocenters. The smallest absolute Gasteiger partial charge is 0.338 e. The van der Waals surface area contributed by atoms with Crippen LogP contribution in [0.1, 0.15) is 10.4 Å². The van der Waals surface area contributed by atoms with Gasteiger partial charge in [0, 0.05) is 0 Å². The number of esters is 1. The lowest BCUT2D eigenvalue weighted by Crippen LogP contribution is -2.25. The molecular formula is C12H16O7. The summed E-state index contributed by atoms with van der Waals surface area (Å²) < 4.78 is 14.6. The number of aromatic hydroxyl groups is 1. The van der Waals surface area contributed by atoms with Gasteiger partial charge in [-0.1, -0.05) is 0 Å². The average Bonchev–Trinajstić information content (AvgIpc) is 2.44. The van der Waals surface area contributed by atoms with Gasteiger partial charge in [-0.2, -0.15) is 0 Å². The molecule has 0 heterocycles. The molecule has 0 spiro atoms. The van der Waals surface area contributed by atoms with Crippen LogP contribution >= 0.6 is 0 Å². The summed E-state index contributed by atoms with van der Waals surface area (Å²) in [6.07, 6.45) is -1.00. The fourth-order valence-corrected chi connectivity index (χ4v) is 1.36. The lowest BCUT2D eigenvalue weighted by atomic mass is 10.2. The Kier molecular flexibility index (Phi) is 5.40. The van der Waals surface area contributed by atoms with E-state index < -0.39 is 25.3 Å².